The van der Waals surface area contributed by atoms with E-state index in [1.807, 2.05) is 65.3 Å². The van der Waals surface area contributed by atoms with Crippen molar-refractivity contribution in [2.45, 2.75) is 31.5 Å². The van der Waals surface area contributed by atoms with Gasteiger partial charge in [0.2, 0.25) is 0 Å². The zero-order valence-corrected chi connectivity index (χ0v) is 19.7. The molecule has 0 spiro atoms. The van der Waals surface area contributed by atoms with Crippen molar-refractivity contribution >= 4 is 23.0 Å². The number of rotatable bonds is 5. The number of aliphatic carboxylic acids is 1. The van der Waals surface area contributed by atoms with E-state index in [2.05, 4.69) is 10.2 Å². The van der Waals surface area contributed by atoms with Crippen molar-refractivity contribution in [3.63, 3.8) is 0 Å². The monoisotopic (exact) mass is 515 g/mol. The number of fused-ring (bicyclic) bond motifs is 1. The van der Waals surface area contributed by atoms with Crippen LogP contribution < -0.4 is 5.32 Å². The van der Waals surface area contributed by atoms with E-state index in [-0.39, 0.29) is 5.82 Å². The number of carbonyl (C=O) groups is 1. The lowest BCUT2D eigenvalue weighted by molar-refractivity contribution is -0.192. The second-order valence-corrected chi connectivity index (χ2v) is 8.66. The average molecular weight is 516 g/mol. The van der Waals surface area contributed by atoms with Crippen molar-refractivity contribution in [1.82, 2.24) is 19.5 Å². The minimum atomic E-state index is -5.08. The first kappa shape index (κ1) is 26.1. The Morgan fingerprint density at radius 3 is 2.24 bits per heavy atom. The molecule has 1 aliphatic rings. The Balaban J connectivity index is 0.000000405. The fraction of sp³-hybridized carbons (Fsp3) is 0.269. The highest BCUT2D eigenvalue weighted by atomic mass is 19.4. The van der Waals surface area contributed by atoms with Crippen molar-refractivity contribution in [1.29, 1.82) is 0 Å². The van der Waals surface area contributed by atoms with Crippen LogP contribution in [0.2, 0.25) is 0 Å². The number of hydrogen-bond donors (Lipinski definition) is 2. The Bertz CT molecular complexity index is 1320. The van der Waals surface area contributed by atoms with Gasteiger partial charge >= 0.3 is 12.1 Å². The smallest absolute Gasteiger partial charge is 0.475 e. The van der Waals surface area contributed by atoms with E-state index in [0.717, 1.165) is 60.9 Å². The third-order valence-electron chi connectivity index (χ3n) is 5.92. The van der Waals surface area contributed by atoms with Crippen molar-refractivity contribution in [3.8, 4) is 0 Å². The largest absolute Gasteiger partial charge is 0.490 e. The molecule has 1 aliphatic heterocycles. The number of piperidine rings is 1. The van der Waals surface area contributed by atoms with Gasteiger partial charge in [0.05, 0.1) is 11.9 Å². The number of halogens is 4. The molecule has 2 aromatic heterocycles. The zero-order valence-electron chi connectivity index (χ0n) is 19.7. The van der Waals surface area contributed by atoms with Crippen LogP contribution in [0, 0.1) is 5.82 Å². The number of hydrogen-bond acceptors (Lipinski definition) is 5. The van der Waals surface area contributed by atoms with Crippen molar-refractivity contribution < 1.29 is 27.5 Å². The van der Waals surface area contributed by atoms with Gasteiger partial charge in [-0.25, -0.2) is 18.7 Å². The predicted molar refractivity (Wildman–Crippen MR) is 130 cm³/mol. The Labute approximate surface area is 210 Å². The van der Waals surface area contributed by atoms with Crippen LogP contribution in [-0.2, 0) is 11.3 Å². The maximum atomic E-state index is 13.1. The fourth-order valence-corrected chi connectivity index (χ4v) is 4.03. The third-order valence-corrected chi connectivity index (χ3v) is 5.92. The van der Waals surface area contributed by atoms with E-state index < -0.39 is 12.1 Å². The van der Waals surface area contributed by atoms with Crippen LogP contribution in [0.4, 0.5) is 28.9 Å². The first-order valence-corrected chi connectivity index (χ1v) is 11.6. The first-order valence-electron chi connectivity index (χ1n) is 11.6. The topological polar surface area (TPSA) is 82.8 Å². The van der Waals surface area contributed by atoms with Gasteiger partial charge in [0.25, 0.3) is 0 Å². The normalized spacial score (nSPS) is 14.7. The zero-order chi connectivity index (χ0) is 26.4. The molecule has 2 aromatic carbocycles. The van der Waals surface area contributed by atoms with Gasteiger partial charge in [0.1, 0.15) is 5.82 Å². The molecule has 2 N–H and O–H groups in total. The number of nitrogens with zero attached hydrogens (tertiary/aromatic N) is 4. The Morgan fingerprint density at radius 1 is 0.973 bits per heavy atom. The Morgan fingerprint density at radius 2 is 1.62 bits per heavy atom. The van der Waals surface area contributed by atoms with Crippen LogP contribution >= 0.6 is 0 Å². The molecule has 3 heterocycles. The molecule has 0 bridgehead atoms. The van der Waals surface area contributed by atoms with Gasteiger partial charge in [-0.15, -0.1) is 0 Å². The molecule has 5 rings (SSSR count). The van der Waals surface area contributed by atoms with Crippen LogP contribution in [-0.4, -0.2) is 49.8 Å². The van der Waals surface area contributed by atoms with Gasteiger partial charge < -0.3 is 10.4 Å². The van der Waals surface area contributed by atoms with E-state index in [0.29, 0.717) is 5.92 Å². The standard InChI is InChI=1S/C24H24FN5.C2HF3O2/c25-20-8-6-18(7-9-20)16-29-14-12-19(13-15-29)24-27-23-11-10-22(17-30(23)28-24)26-21-4-2-1-3-5-21;3-2(4,5)1(6)7/h1-11,17,19,26H,12-16H2;(H,6,7). The number of likely N-dealkylation sites (tertiary alicyclic amines) is 1. The Hall–Kier alpha value is -3.99. The second kappa shape index (κ2) is 11.4. The summed E-state index contributed by atoms with van der Waals surface area (Å²) < 4.78 is 46.7. The molecule has 7 nitrogen and oxygen atoms in total. The number of pyridine rings is 1. The van der Waals surface area contributed by atoms with E-state index in [1.54, 1.807) is 0 Å². The van der Waals surface area contributed by atoms with Crippen LogP contribution in [0.3, 0.4) is 0 Å². The summed E-state index contributed by atoms with van der Waals surface area (Å²) in [5.74, 6) is -1.64. The fourth-order valence-electron chi connectivity index (χ4n) is 4.03. The molecule has 1 fully saturated rings. The molecule has 0 radical (unpaired) electrons. The van der Waals surface area contributed by atoms with Gasteiger partial charge in [-0.05, 0) is 67.9 Å². The molecule has 37 heavy (non-hydrogen) atoms. The van der Waals surface area contributed by atoms with Gasteiger partial charge in [-0.3, -0.25) is 4.90 Å². The predicted octanol–water partition coefficient (Wildman–Crippen LogP) is 5.62. The molecule has 0 aliphatic carbocycles. The molecule has 194 valence electrons. The van der Waals surface area contributed by atoms with Crippen LogP contribution in [0.25, 0.3) is 5.65 Å². The Kier molecular flexibility index (Phi) is 8.02. The summed E-state index contributed by atoms with van der Waals surface area (Å²) in [6.45, 7) is 2.86. The average Bonchev–Trinajstić information content (AvgIpc) is 3.30. The lowest BCUT2D eigenvalue weighted by atomic mass is 9.96. The maximum absolute atomic E-state index is 13.1. The summed E-state index contributed by atoms with van der Waals surface area (Å²) in [7, 11) is 0. The minimum absolute atomic E-state index is 0.183. The summed E-state index contributed by atoms with van der Waals surface area (Å²) in [6.07, 6.45) is -1.02. The van der Waals surface area contributed by atoms with E-state index in [9.17, 15) is 17.6 Å². The lowest BCUT2D eigenvalue weighted by Gasteiger charge is -2.30. The second-order valence-electron chi connectivity index (χ2n) is 8.66. The number of para-hydroxylation sites is 1. The van der Waals surface area contributed by atoms with Crippen molar-refractivity contribution in [2.75, 3.05) is 18.4 Å². The first-order chi connectivity index (χ1) is 17.7. The van der Waals surface area contributed by atoms with Gasteiger partial charge in [-0.1, -0.05) is 30.3 Å². The molecule has 0 amide bonds. The number of carboxylic acids is 1. The summed E-state index contributed by atoms with van der Waals surface area (Å²) in [6, 6.07) is 20.9. The number of nitrogens with one attached hydrogen (secondary N) is 1. The summed E-state index contributed by atoms with van der Waals surface area (Å²) in [5.41, 5.74) is 4.06. The van der Waals surface area contributed by atoms with E-state index in [4.69, 9.17) is 20.0 Å². The van der Waals surface area contributed by atoms with Crippen molar-refractivity contribution in [3.05, 3.63) is 90.1 Å². The number of benzene rings is 2. The molecule has 0 atom stereocenters. The number of aromatic nitrogens is 3. The highest BCUT2D eigenvalue weighted by Gasteiger charge is 2.38. The summed E-state index contributed by atoms with van der Waals surface area (Å²) in [4.78, 5) is 16.1. The summed E-state index contributed by atoms with van der Waals surface area (Å²) in [5, 5.41) is 15.3. The van der Waals surface area contributed by atoms with E-state index >= 15 is 0 Å². The lowest BCUT2D eigenvalue weighted by Crippen LogP contribution is -2.32. The molecule has 1 saturated heterocycles. The third kappa shape index (κ3) is 7.26. The van der Waals surface area contributed by atoms with Gasteiger partial charge in [0.15, 0.2) is 11.5 Å². The molecular weight excluding hydrogens is 490 g/mol. The molecule has 0 saturated carbocycles. The highest BCUT2D eigenvalue weighted by Crippen LogP contribution is 2.27. The molecular formula is C26H25F4N5O2. The number of anilines is 2. The van der Waals surface area contributed by atoms with Crippen LogP contribution in [0.1, 0.15) is 30.1 Å². The molecule has 0 unspecified atom stereocenters. The van der Waals surface area contributed by atoms with Crippen LogP contribution in [0.5, 0.6) is 0 Å². The van der Waals surface area contributed by atoms with Crippen LogP contribution in [0.15, 0.2) is 72.9 Å². The number of carboxylic acid groups (broad SMARTS) is 1. The SMILES string of the molecule is Fc1ccc(CN2CCC(c3nc4ccc(Nc5ccccc5)cn4n3)CC2)cc1.O=C(O)C(F)(F)F. The number of alkyl halides is 3. The molecule has 11 heteroatoms. The molecule has 4 aromatic rings. The quantitative estimate of drug-likeness (QED) is 0.336. The minimum Gasteiger partial charge on any atom is -0.475 e. The van der Waals surface area contributed by atoms with E-state index in [1.165, 1.54) is 12.1 Å². The van der Waals surface area contributed by atoms with Crippen molar-refractivity contribution in [2.24, 2.45) is 0 Å². The summed E-state index contributed by atoms with van der Waals surface area (Å²) >= 11 is 0. The highest BCUT2D eigenvalue weighted by molar-refractivity contribution is 5.73. The van der Waals surface area contributed by atoms with Gasteiger partial charge in [0, 0.05) is 18.2 Å². The maximum Gasteiger partial charge on any atom is 0.490 e. The van der Waals surface area contributed by atoms with Gasteiger partial charge in [-0.2, -0.15) is 18.3 Å².